The number of aliphatic carboxylic acids is 1. The summed E-state index contributed by atoms with van der Waals surface area (Å²) >= 11 is 0. The quantitative estimate of drug-likeness (QED) is 0.806. The molecule has 1 rings (SSSR count). The molecule has 0 radical (unpaired) electrons. The van der Waals surface area contributed by atoms with E-state index in [4.69, 9.17) is 5.11 Å². The molecule has 2 N–H and O–H groups in total. The smallest absolute Gasteiger partial charge is 0.316 e. The van der Waals surface area contributed by atoms with Crippen LogP contribution in [0.2, 0.25) is 0 Å². The van der Waals surface area contributed by atoms with E-state index in [9.17, 15) is 9.59 Å². The summed E-state index contributed by atoms with van der Waals surface area (Å²) in [5.41, 5.74) is 3.84. The summed E-state index contributed by atoms with van der Waals surface area (Å²) in [6.07, 6.45) is 0.283. The van der Waals surface area contributed by atoms with Crippen LogP contribution in [-0.2, 0) is 9.59 Å². The molecule has 98 valence electrons. The molecule has 1 atom stereocenters. The van der Waals surface area contributed by atoms with Crippen LogP contribution in [0.3, 0.4) is 0 Å². The molecule has 1 unspecified atom stereocenters. The minimum atomic E-state index is -1.09. The van der Waals surface area contributed by atoms with E-state index in [1.807, 2.05) is 32.9 Å². The molecule has 0 heterocycles. The number of hydrogen-bond acceptors (Lipinski definition) is 2. The van der Waals surface area contributed by atoms with Gasteiger partial charge in [0.05, 0.1) is 0 Å². The van der Waals surface area contributed by atoms with E-state index in [2.05, 4.69) is 5.32 Å². The number of amides is 1. The Kier molecular flexibility index (Phi) is 4.48. The monoisotopic (exact) mass is 249 g/mol. The molecule has 0 saturated heterocycles. The first-order chi connectivity index (χ1) is 8.36. The van der Waals surface area contributed by atoms with Crippen LogP contribution in [-0.4, -0.2) is 17.0 Å². The molecule has 0 aliphatic carbocycles. The van der Waals surface area contributed by atoms with Gasteiger partial charge in [-0.3, -0.25) is 9.59 Å². The van der Waals surface area contributed by atoms with Gasteiger partial charge in [-0.1, -0.05) is 13.0 Å². The molecule has 0 aromatic heterocycles. The lowest BCUT2D eigenvalue weighted by Gasteiger charge is -2.14. The van der Waals surface area contributed by atoms with Crippen LogP contribution in [0.25, 0.3) is 0 Å². The Morgan fingerprint density at radius 2 is 1.72 bits per heavy atom. The normalized spacial score (nSPS) is 12.0. The fourth-order valence-corrected chi connectivity index (χ4v) is 1.79. The van der Waals surface area contributed by atoms with E-state index >= 15 is 0 Å². The van der Waals surface area contributed by atoms with Crippen LogP contribution in [0, 0.1) is 26.7 Å². The zero-order valence-corrected chi connectivity index (χ0v) is 11.2. The van der Waals surface area contributed by atoms with Gasteiger partial charge in [0, 0.05) is 5.69 Å². The molecule has 0 fully saturated rings. The molecule has 4 heteroatoms. The number of rotatable bonds is 4. The van der Waals surface area contributed by atoms with Crippen molar-refractivity contribution in [3.05, 3.63) is 28.8 Å². The molecule has 0 spiro atoms. The average Bonchev–Trinajstić information content (AvgIpc) is 2.26. The highest BCUT2D eigenvalue weighted by molar-refractivity contribution is 6.04. The van der Waals surface area contributed by atoms with E-state index < -0.39 is 17.8 Å². The Labute approximate surface area is 107 Å². The maximum atomic E-state index is 11.8. The lowest BCUT2D eigenvalue weighted by molar-refractivity contribution is -0.145. The number of benzene rings is 1. The molecular formula is C14H19NO3. The van der Waals surface area contributed by atoms with Crippen molar-refractivity contribution < 1.29 is 14.7 Å². The summed E-state index contributed by atoms with van der Waals surface area (Å²) in [5, 5.41) is 11.6. The van der Waals surface area contributed by atoms with Crippen molar-refractivity contribution in [1.82, 2.24) is 0 Å². The molecule has 1 aromatic carbocycles. The molecule has 18 heavy (non-hydrogen) atoms. The SMILES string of the molecule is CCC(C(=O)O)C(=O)Nc1cc(C)c(C)cc1C. The van der Waals surface area contributed by atoms with E-state index in [0.29, 0.717) is 5.69 Å². The number of carboxylic acid groups (broad SMARTS) is 1. The Hall–Kier alpha value is -1.84. The van der Waals surface area contributed by atoms with Gasteiger partial charge in [-0.15, -0.1) is 0 Å². The highest BCUT2D eigenvalue weighted by Crippen LogP contribution is 2.21. The second-order valence-corrected chi connectivity index (χ2v) is 4.54. The third-order valence-electron chi connectivity index (χ3n) is 3.12. The van der Waals surface area contributed by atoms with E-state index in [1.54, 1.807) is 6.92 Å². The first-order valence-corrected chi connectivity index (χ1v) is 5.98. The first kappa shape index (κ1) is 14.2. The van der Waals surface area contributed by atoms with Crippen molar-refractivity contribution in [3.8, 4) is 0 Å². The fraction of sp³-hybridized carbons (Fsp3) is 0.429. The van der Waals surface area contributed by atoms with Crippen LogP contribution >= 0.6 is 0 Å². The Morgan fingerprint density at radius 3 is 2.22 bits per heavy atom. The number of nitrogens with one attached hydrogen (secondary N) is 1. The van der Waals surface area contributed by atoms with E-state index in [-0.39, 0.29) is 6.42 Å². The highest BCUT2D eigenvalue weighted by atomic mass is 16.4. The summed E-state index contributed by atoms with van der Waals surface area (Å²) in [5.74, 6) is -2.54. The van der Waals surface area contributed by atoms with Crippen molar-refractivity contribution in [3.63, 3.8) is 0 Å². The van der Waals surface area contributed by atoms with Crippen molar-refractivity contribution in [1.29, 1.82) is 0 Å². The molecule has 1 aromatic rings. The minimum absolute atomic E-state index is 0.283. The molecule has 0 bridgehead atoms. The second-order valence-electron chi connectivity index (χ2n) is 4.54. The number of aryl methyl sites for hydroxylation is 3. The van der Waals surface area contributed by atoms with Crippen LogP contribution in [0.5, 0.6) is 0 Å². The largest absolute Gasteiger partial charge is 0.481 e. The molecular weight excluding hydrogens is 230 g/mol. The summed E-state index contributed by atoms with van der Waals surface area (Å²) in [6.45, 7) is 7.54. The predicted molar refractivity (Wildman–Crippen MR) is 70.7 cm³/mol. The maximum absolute atomic E-state index is 11.8. The van der Waals surface area contributed by atoms with Gasteiger partial charge < -0.3 is 10.4 Å². The molecule has 0 saturated carbocycles. The van der Waals surface area contributed by atoms with Gasteiger partial charge in [0.2, 0.25) is 5.91 Å². The Balaban J connectivity index is 2.94. The zero-order chi connectivity index (χ0) is 13.9. The Morgan fingerprint density at radius 1 is 1.17 bits per heavy atom. The third-order valence-corrected chi connectivity index (χ3v) is 3.12. The van der Waals surface area contributed by atoms with Crippen LogP contribution in [0.4, 0.5) is 5.69 Å². The van der Waals surface area contributed by atoms with E-state index in [0.717, 1.165) is 16.7 Å². The summed E-state index contributed by atoms with van der Waals surface area (Å²) in [6, 6.07) is 3.85. The van der Waals surface area contributed by atoms with Gasteiger partial charge in [-0.05, 0) is 49.9 Å². The number of anilines is 1. The molecule has 0 aliphatic heterocycles. The van der Waals surface area contributed by atoms with Gasteiger partial charge >= 0.3 is 5.97 Å². The number of carboxylic acids is 1. The van der Waals surface area contributed by atoms with Gasteiger partial charge in [0.1, 0.15) is 5.92 Å². The first-order valence-electron chi connectivity index (χ1n) is 5.98. The second kappa shape index (κ2) is 5.67. The number of hydrogen-bond donors (Lipinski definition) is 2. The predicted octanol–water partition coefficient (Wildman–Crippen LogP) is 2.66. The Bertz CT molecular complexity index is 480. The van der Waals surface area contributed by atoms with Crippen molar-refractivity contribution in [2.24, 2.45) is 5.92 Å². The van der Waals surface area contributed by atoms with Crippen molar-refractivity contribution in [2.45, 2.75) is 34.1 Å². The lowest BCUT2D eigenvalue weighted by Crippen LogP contribution is -2.29. The fourth-order valence-electron chi connectivity index (χ4n) is 1.79. The maximum Gasteiger partial charge on any atom is 0.316 e. The molecule has 0 aliphatic rings. The summed E-state index contributed by atoms with van der Waals surface area (Å²) in [7, 11) is 0. The molecule has 1 amide bonds. The van der Waals surface area contributed by atoms with Gasteiger partial charge in [0.15, 0.2) is 0 Å². The highest BCUT2D eigenvalue weighted by Gasteiger charge is 2.24. The van der Waals surface area contributed by atoms with Crippen LogP contribution < -0.4 is 5.32 Å². The third kappa shape index (κ3) is 3.09. The van der Waals surface area contributed by atoms with Gasteiger partial charge in [0.25, 0.3) is 0 Å². The number of carbonyl (C=O) groups is 2. The molecule has 4 nitrogen and oxygen atoms in total. The van der Waals surface area contributed by atoms with Crippen LogP contribution in [0.1, 0.15) is 30.0 Å². The number of carbonyl (C=O) groups excluding carboxylic acids is 1. The van der Waals surface area contributed by atoms with Gasteiger partial charge in [-0.2, -0.15) is 0 Å². The lowest BCUT2D eigenvalue weighted by atomic mass is 10.0. The van der Waals surface area contributed by atoms with Crippen molar-refractivity contribution >= 4 is 17.6 Å². The standard InChI is InChI=1S/C14H19NO3/c1-5-11(14(17)18)13(16)15-12-7-9(3)8(2)6-10(12)4/h6-7,11H,5H2,1-4H3,(H,15,16)(H,17,18). The topological polar surface area (TPSA) is 66.4 Å². The zero-order valence-electron chi connectivity index (χ0n) is 11.2. The van der Waals surface area contributed by atoms with Crippen molar-refractivity contribution in [2.75, 3.05) is 5.32 Å². The average molecular weight is 249 g/mol. The van der Waals surface area contributed by atoms with E-state index in [1.165, 1.54) is 0 Å². The van der Waals surface area contributed by atoms with Crippen LogP contribution in [0.15, 0.2) is 12.1 Å². The van der Waals surface area contributed by atoms with Gasteiger partial charge in [-0.25, -0.2) is 0 Å². The summed E-state index contributed by atoms with van der Waals surface area (Å²) in [4.78, 5) is 22.7. The summed E-state index contributed by atoms with van der Waals surface area (Å²) < 4.78 is 0. The minimum Gasteiger partial charge on any atom is -0.481 e.